The number of amides is 1. The highest BCUT2D eigenvalue weighted by Gasteiger charge is 2.49. The number of nitrogens with zero attached hydrogens (tertiary/aromatic N) is 1. The summed E-state index contributed by atoms with van der Waals surface area (Å²) in [5.41, 5.74) is 4.93. The highest BCUT2D eigenvalue weighted by molar-refractivity contribution is 6.31. The summed E-state index contributed by atoms with van der Waals surface area (Å²) in [5.74, 6) is -3.14. The summed E-state index contributed by atoms with van der Waals surface area (Å²) in [4.78, 5) is 40.3. The van der Waals surface area contributed by atoms with E-state index in [2.05, 4.69) is 17.5 Å². The van der Waals surface area contributed by atoms with Gasteiger partial charge in [-0.2, -0.15) is 5.10 Å². The minimum atomic E-state index is -2.08. The number of aromatic hydroxyl groups is 2. The van der Waals surface area contributed by atoms with Gasteiger partial charge in [-0.1, -0.05) is 44.7 Å². The number of rotatable bonds is 12. The number of carbonyl (C=O) groups is 3. The van der Waals surface area contributed by atoms with Crippen molar-refractivity contribution in [2.24, 2.45) is 10.8 Å². The Labute approximate surface area is 283 Å². The number of aliphatic hydroxyl groups is 3. The second-order valence-electron chi connectivity index (χ2n) is 13.0. The SMILES string of the molecule is CCCCCCCC(=O)N/N=C(\CO)[C@@]1(O)Cc2c(O)c3c(c(O)c2[C@H](O[C@@H]2C[C@H](N)[C@H](O)[C@H](C)O2)C1)C(=O)c1c(OC)cccc1C3=O. The molecule has 1 heterocycles. The lowest BCUT2D eigenvalue weighted by atomic mass is 9.71. The van der Waals surface area contributed by atoms with E-state index in [4.69, 9.17) is 19.9 Å². The summed E-state index contributed by atoms with van der Waals surface area (Å²) < 4.78 is 17.4. The van der Waals surface area contributed by atoms with Crippen LogP contribution in [-0.4, -0.2) is 92.6 Å². The summed E-state index contributed by atoms with van der Waals surface area (Å²) in [6.07, 6.45) is -0.138. The third-order valence-corrected chi connectivity index (χ3v) is 9.65. The average Bonchev–Trinajstić information content (AvgIpc) is 3.07. The highest BCUT2D eigenvalue weighted by atomic mass is 16.7. The zero-order chi connectivity index (χ0) is 35.6. The third-order valence-electron chi connectivity index (χ3n) is 9.65. The Bertz CT molecular complexity index is 1630. The first-order chi connectivity index (χ1) is 23.4. The molecule has 0 aromatic heterocycles. The monoisotopic (exact) mass is 683 g/mol. The predicted molar refractivity (Wildman–Crippen MR) is 176 cm³/mol. The summed E-state index contributed by atoms with van der Waals surface area (Å²) >= 11 is 0. The first kappa shape index (κ1) is 36.4. The fourth-order valence-corrected chi connectivity index (χ4v) is 6.97. The number of hydrogen-bond acceptors (Lipinski definition) is 13. The Balaban J connectivity index is 1.57. The number of unbranched alkanes of at least 4 members (excludes halogenated alkanes) is 4. The summed E-state index contributed by atoms with van der Waals surface area (Å²) in [5, 5.41) is 60.3. The summed E-state index contributed by atoms with van der Waals surface area (Å²) in [6.45, 7) is 2.89. The van der Waals surface area contributed by atoms with E-state index in [1.165, 1.54) is 25.3 Å². The molecule has 3 aliphatic rings. The molecule has 0 spiro atoms. The number of phenols is 2. The maximum Gasteiger partial charge on any atom is 0.240 e. The number of aliphatic hydroxyl groups excluding tert-OH is 2. The highest BCUT2D eigenvalue weighted by Crippen LogP contribution is 2.52. The molecule has 1 saturated heterocycles. The average molecular weight is 684 g/mol. The molecule has 1 fully saturated rings. The quantitative estimate of drug-likeness (QED) is 0.0631. The number of hydrazone groups is 1. The number of carbonyl (C=O) groups excluding carboxylic acids is 3. The van der Waals surface area contributed by atoms with Crippen LogP contribution in [0.4, 0.5) is 0 Å². The number of phenolic OH excluding ortho intramolecular Hbond substituents is 2. The van der Waals surface area contributed by atoms with Crippen LogP contribution in [0, 0.1) is 0 Å². The zero-order valence-electron chi connectivity index (χ0n) is 27.9. The largest absolute Gasteiger partial charge is 0.507 e. The molecule has 49 heavy (non-hydrogen) atoms. The van der Waals surface area contributed by atoms with Crippen LogP contribution in [0.1, 0.15) is 114 Å². The van der Waals surface area contributed by atoms with Crippen LogP contribution >= 0.6 is 0 Å². The molecule has 0 bridgehead atoms. The van der Waals surface area contributed by atoms with Gasteiger partial charge < -0.3 is 45.5 Å². The Kier molecular flexibility index (Phi) is 11.1. The van der Waals surface area contributed by atoms with Gasteiger partial charge in [0.05, 0.1) is 54.4 Å². The summed E-state index contributed by atoms with van der Waals surface area (Å²) in [7, 11) is 1.33. The van der Waals surface area contributed by atoms with E-state index in [1.807, 2.05) is 0 Å². The van der Waals surface area contributed by atoms with E-state index in [1.54, 1.807) is 6.92 Å². The van der Waals surface area contributed by atoms with Crippen LogP contribution in [-0.2, 0) is 20.7 Å². The van der Waals surface area contributed by atoms with E-state index in [0.717, 1.165) is 25.7 Å². The van der Waals surface area contributed by atoms with Crippen LogP contribution in [0.2, 0.25) is 0 Å². The van der Waals surface area contributed by atoms with Crippen molar-refractivity contribution in [3.05, 3.63) is 51.6 Å². The summed E-state index contributed by atoms with van der Waals surface area (Å²) in [6, 6.07) is 3.68. The van der Waals surface area contributed by atoms with Crippen LogP contribution in [0.15, 0.2) is 23.3 Å². The van der Waals surface area contributed by atoms with Gasteiger partial charge >= 0.3 is 0 Å². The molecule has 1 aliphatic heterocycles. The second kappa shape index (κ2) is 14.9. The standard InChI is InChI=1S/C35H45N3O11/c1-4-5-6-7-8-12-24(40)38-37-23(16-39)35(46)14-19-27(22(15-35)49-25-13-20(36)30(41)17(2)48-25)34(45)29-28(32(19)43)31(42)18-10-9-11-21(47-3)26(18)33(29)44/h9-11,17,20,22,25,30,39,41,43,45-46H,4-8,12-16,36H2,1-3H3,(H,38,40)/b37-23+/t17-,20-,22+,25+,30+,35+/m0/s1. The normalized spacial score (nSPS) is 26.5. The minimum absolute atomic E-state index is 0.0186. The first-order valence-corrected chi connectivity index (χ1v) is 16.7. The van der Waals surface area contributed by atoms with Crippen LogP contribution in [0.25, 0.3) is 0 Å². The molecular weight excluding hydrogens is 638 g/mol. The predicted octanol–water partition coefficient (Wildman–Crippen LogP) is 2.26. The Morgan fingerprint density at radius 3 is 2.49 bits per heavy atom. The van der Waals surface area contributed by atoms with E-state index in [0.29, 0.717) is 6.42 Å². The van der Waals surface area contributed by atoms with Crippen molar-refractivity contribution in [1.29, 1.82) is 0 Å². The van der Waals surface area contributed by atoms with Crippen molar-refractivity contribution in [3.8, 4) is 17.2 Å². The lowest BCUT2D eigenvalue weighted by Gasteiger charge is -2.43. The minimum Gasteiger partial charge on any atom is -0.507 e. The molecule has 0 unspecified atom stereocenters. The molecular formula is C35H45N3O11. The topological polar surface area (TPSA) is 230 Å². The number of fused-ring (bicyclic) bond motifs is 3. The molecule has 6 atom stereocenters. The number of ether oxygens (including phenoxy) is 3. The van der Waals surface area contributed by atoms with Gasteiger partial charge in [-0.05, 0) is 19.4 Å². The fraction of sp³-hybridized carbons (Fsp3) is 0.543. The smallest absolute Gasteiger partial charge is 0.240 e. The maximum absolute atomic E-state index is 13.9. The number of hydrogen-bond donors (Lipinski definition) is 7. The van der Waals surface area contributed by atoms with E-state index < -0.39 is 89.4 Å². The van der Waals surface area contributed by atoms with Gasteiger partial charge in [0.15, 0.2) is 12.1 Å². The number of nitrogens with one attached hydrogen (secondary N) is 1. The maximum atomic E-state index is 13.9. The lowest BCUT2D eigenvalue weighted by Crippen LogP contribution is -2.53. The first-order valence-electron chi connectivity index (χ1n) is 16.7. The molecule has 266 valence electrons. The number of ketones is 2. The lowest BCUT2D eigenvalue weighted by molar-refractivity contribution is -0.245. The molecule has 0 saturated carbocycles. The Morgan fingerprint density at radius 1 is 1.10 bits per heavy atom. The van der Waals surface area contributed by atoms with Crippen LogP contribution < -0.4 is 15.9 Å². The number of methoxy groups -OCH3 is 1. The van der Waals surface area contributed by atoms with Gasteiger partial charge in [-0.3, -0.25) is 14.4 Å². The molecule has 2 aromatic carbocycles. The molecule has 2 aromatic rings. The van der Waals surface area contributed by atoms with Crippen molar-refractivity contribution in [2.45, 2.75) is 108 Å². The van der Waals surface area contributed by atoms with Gasteiger partial charge in [0.25, 0.3) is 0 Å². The third kappa shape index (κ3) is 6.94. The fourth-order valence-electron chi connectivity index (χ4n) is 6.97. The van der Waals surface area contributed by atoms with Gasteiger partial charge in [0.1, 0.15) is 22.8 Å². The van der Waals surface area contributed by atoms with Gasteiger partial charge in [0.2, 0.25) is 11.7 Å². The molecule has 1 amide bonds. The van der Waals surface area contributed by atoms with E-state index >= 15 is 0 Å². The number of nitrogens with two attached hydrogens (primary N) is 1. The molecule has 14 nitrogen and oxygen atoms in total. The van der Waals surface area contributed by atoms with Gasteiger partial charge in [-0.15, -0.1) is 0 Å². The van der Waals surface area contributed by atoms with Crippen molar-refractivity contribution < 1.29 is 54.1 Å². The van der Waals surface area contributed by atoms with Crippen LogP contribution in [0.3, 0.4) is 0 Å². The van der Waals surface area contributed by atoms with Crippen molar-refractivity contribution in [1.82, 2.24) is 5.43 Å². The Hall–Kier alpha value is -3.92. The molecule has 2 aliphatic carbocycles. The molecule has 8 N–H and O–H groups in total. The molecule has 0 radical (unpaired) electrons. The van der Waals surface area contributed by atoms with Crippen molar-refractivity contribution in [2.75, 3.05) is 13.7 Å². The Morgan fingerprint density at radius 2 is 1.82 bits per heavy atom. The van der Waals surface area contributed by atoms with E-state index in [-0.39, 0.29) is 53.0 Å². The zero-order valence-corrected chi connectivity index (χ0v) is 27.9. The second-order valence-corrected chi connectivity index (χ2v) is 13.0. The van der Waals surface area contributed by atoms with Crippen molar-refractivity contribution >= 4 is 23.2 Å². The van der Waals surface area contributed by atoms with Gasteiger partial charge in [0, 0.05) is 48.4 Å². The van der Waals surface area contributed by atoms with Crippen LogP contribution in [0.5, 0.6) is 17.2 Å². The van der Waals surface area contributed by atoms with E-state index in [9.17, 15) is 39.9 Å². The number of benzene rings is 2. The van der Waals surface area contributed by atoms with Gasteiger partial charge in [-0.25, -0.2) is 5.43 Å². The molecule has 5 rings (SSSR count). The van der Waals surface area contributed by atoms with Crippen molar-refractivity contribution in [3.63, 3.8) is 0 Å². The molecule has 14 heteroatoms.